The Morgan fingerprint density at radius 1 is 1.42 bits per heavy atom. The third-order valence-corrected chi connectivity index (χ3v) is 4.85. The molecule has 2 N–H and O–H groups in total. The van der Waals surface area contributed by atoms with Crippen molar-refractivity contribution in [1.82, 2.24) is 14.9 Å². The van der Waals surface area contributed by atoms with Crippen LogP contribution in [0.4, 0.5) is 10.2 Å². The standard InChI is InChI=1S/C18H23FN4O3/c1-3-20-9-11-7-8-22(10-11)13-6-5-12-15(24)14(18(25)26)16(19)23(4-2)17(12)21-13/h5-6,11,20H,3-4,7-10H2,1-2H3,(H,25,26). The van der Waals surface area contributed by atoms with Gasteiger partial charge in [-0.1, -0.05) is 6.92 Å². The average molecular weight is 362 g/mol. The van der Waals surface area contributed by atoms with Crippen LogP contribution in [0.15, 0.2) is 16.9 Å². The number of rotatable bonds is 6. The fraction of sp³-hybridized carbons (Fsp3) is 0.500. The van der Waals surface area contributed by atoms with E-state index in [9.17, 15) is 14.0 Å². The lowest BCUT2D eigenvalue weighted by atomic mass is 10.1. The summed E-state index contributed by atoms with van der Waals surface area (Å²) >= 11 is 0. The molecule has 1 unspecified atom stereocenters. The zero-order valence-electron chi connectivity index (χ0n) is 15.0. The van der Waals surface area contributed by atoms with Crippen molar-refractivity contribution in [2.24, 2.45) is 5.92 Å². The summed E-state index contributed by atoms with van der Waals surface area (Å²) in [7, 11) is 0. The molecule has 0 saturated carbocycles. The van der Waals surface area contributed by atoms with E-state index in [0.29, 0.717) is 11.7 Å². The number of carboxylic acid groups (broad SMARTS) is 1. The van der Waals surface area contributed by atoms with Gasteiger partial charge in [0, 0.05) is 19.6 Å². The van der Waals surface area contributed by atoms with Gasteiger partial charge < -0.3 is 19.9 Å². The van der Waals surface area contributed by atoms with Gasteiger partial charge in [-0.05, 0) is 44.5 Å². The summed E-state index contributed by atoms with van der Waals surface area (Å²) in [4.78, 5) is 30.3. The molecule has 140 valence electrons. The van der Waals surface area contributed by atoms with Crippen molar-refractivity contribution >= 4 is 22.8 Å². The maximum absolute atomic E-state index is 14.5. The smallest absolute Gasteiger partial charge is 0.344 e. The van der Waals surface area contributed by atoms with Gasteiger partial charge in [-0.25, -0.2) is 9.78 Å². The van der Waals surface area contributed by atoms with E-state index < -0.39 is 22.9 Å². The Morgan fingerprint density at radius 3 is 2.85 bits per heavy atom. The number of fused-ring (bicyclic) bond motifs is 1. The summed E-state index contributed by atoms with van der Waals surface area (Å²) in [5.74, 6) is -1.41. The maximum Gasteiger partial charge on any atom is 0.344 e. The Kier molecular flexibility index (Phi) is 5.22. The van der Waals surface area contributed by atoms with E-state index in [1.165, 1.54) is 0 Å². The van der Waals surface area contributed by atoms with Gasteiger partial charge >= 0.3 is 5.97 Å². The van der Waals surface area contributed by atoms with E-state index in [-0.39, 0.29) is 17.6 Å². The molecule has 3 rings (SSSR count). The summed E-state index contributed by atoms with van der Waals surface area (Å²) < 4.78 is 15.7. The third-order valence-electron chi connectivity index (χ3n) is 4.85. The predicted octanol–water partition coefficient (Wildman–Crippen LogP) is 1.69. The Bertz CT molecular complexity index is 896. The number of pyridine rings is 2. The van der Waals surface area contributed by atoms with Crippen LogP contribution >= 0.6 is 0 Å². The number of nitrogens with one attached hydrogen (secondary N) is 1. The molecule has 3 heterocycles. The number of carboxylic acids is 1. The van der Waals surface area contributed by atoms with Gasteiger partial charge in [-0.15, -0.1) is 0 Å². The molecule has 1 saturated heterocycles. The first kappa shape index (κ1) is 18.3. The summed E-state index contributed by atoms with van der Waals surface area (Å²) in [6.07, 6.45) is 1.04. The molecule has 1 aliphatic rings. The molecule has 0 bridgehead atoms. The van der Waals surface area contributed by atoms with Crippen molar-refractivity contribution in [2.75, 3.05) is 31.1 Å². The molecule has 0 radical (unpaired) electrons. The topological polar surface area (TPSA) is 87.5 Å². The van der Waals surface area contributed by atoms with Crippen molar-refractivity contribution in [2.45, 2.75) is 26.8 Å². The minimum Gasteiger partial charge on any atom is -0.477 e. The zero-order valence-corrected chi connectivity index (χ0v) is 15.0. The number of carbonyl (C=O) groups is 1. The number of aryl methyl sites for hydroxylation is 1. The molecule has 0 aromatic carbocycles. The molecule has 2 aromatic heterocycles. The summed E-state index contributed by atoms with van der Waals surface area (Å²) in [5, 5.41) is 12.6. The van der Waals surface area contributed by atoms with E-state index in [4.69, 9.17) is 5.11 Å². The number of anilines is 1. The van der Waals surface area contributed by atoms with Gasteiger partial charge in [-0.3, -0.25) is 4.79 Å². The molecular weight excluding hydrogens is 339 g/mol. The van der Waals surface area contributed by atoms with Crippen LogP contribution in [0.1, 0.15) is 30.6 Å². The van der Waals surface area contributed by atoms with Crippen molar-refractivity contribution in [3.63, 3.8) is 0 Å². The average Bonchev–Trinajstić information content (AvgIpc) is 3.08. The van der Waals surface area contributed by atoms with Gasteiger partial charge in [0.05, 0.1) is 5.39 Å². The Balaban J connectivity index is 2.03. The first-order chi connectivity index (χ1) is 12.5. The molecule has 26 heavy (non-hydrogen) atoms. The lowest BCUT2D eigenvalue weighted by molar-refractivity contribution is 0.0688. The highest BCUT2D eigenvalue weighted by Crippen LogP contribution is 2.24. The second-order valence-corrected chi connectivity index (χ2v) is 6.49. The molecule has 0 amide bonds. The largest absolute Gasteiger partial charge is 0.477 e. The van der Waals surface area contributed by atoms with Crippen LogP contribution in [0.25, 0.3) is 11.0 Å². The lowest BCUT2D eigenvalue weighted by Gasteiger charge is -2.19. The monoisotopic (exact) mass is 362 g/mol. The molecule has 0 spiro atoms. The number of hydrogen-bond acceptors (Lipinski definition) is 5. The summed E-state index contributed by atoms with van der Waals surface area (Å²) in [6.45, 7) is 7.51. The molecule has 1 fully saturated rings. The minimum atomic E-state index is -1.56. The first-order valence-electron chi connectivity index (χ1n) is 8.89. The Labute approximate surface area is 150 Å². The van der Waals surface area contributed by atoms with Gasteiger partial charge in [0.1, 0.15) is 11.5 Å². The quantitative estimate of drug-likeness (QED) is 0.761. The Morgan fingerprint density at radius 2 is 2.19 bits per heavy atom. The lowest BCUT2D eigenvalue weighted by Crippen LogP contribution is -2.27. The number of nitrogens with zero attached hydrogens (tertiary/aromatic N) is 3. The number of halogens is 1. The molecule has 1 atom stereocenters. The molecule has 8 heteroatoms. The van der Waals surface area contributed by atoms with E-state index in [1.54, 1.807) is 19.1 Å². The van der Waals surface area contributed by atoms with Crippen LogP contribution < -0.4 is 15.6 Å². The van der Waals surface area contributed by atoms with E-state index in [1.807, 2.05) is 0 Å². The number of hydrogen-bond donors (Lipinski definition) is 2. The SMILES string of the molecule is CCNCC1CCN(c2ccc3c(=O)c(C(=O)O)c(F)n(CC)c3n2)C1. The van der Waals surface area contributed by atoms with Crippen LogP contribution in [0, 0.1) is 11.9 Å². The molecule has 2 aromatic rings. The van der Waals surface area contributed by atoms with Crippen molar-refractivity contribution in [1.29, 1.82) is 0 Å². The second-order valence-electron chi connectivity index (χ2n) is 6.49. The third kappa shape index (κ3) is 3.16. The Hall–Kier alpha value is -2.48. The van der Waals surface area contributed by atoms with Crippen molar-refractivity contribution in [3.8, 4) is 0 Å². The van der Waals surface area contributed by atoms with Crippen LogP contribution in [-0.4, -0.2) is 46.8 Å². The minimum absolute atomic E-state index is 0.123. The highest BCUT2D eigenvalue weighted by molar-refractivity contribution is 5.92. The van der Waals surface area contributed by atoms with Gasteiger partial charge in [0.15, 0.2) is 5.56 Å². The van der Waals surface area contributed by atoms with Crippen molar-refractivity contribution < 1.29 is 14.3 Å². The summed E-state index contributed by atoms with van der Waals surface area (Å²) in [5.41, 5.74) is -1.48. The van der Waals surface area contributed by atoms with Crippen LogP contribution in [-0.2, 0) is 6.54 Å². The predicted molar refractivity (Wildman–Crippen MR) is 97.5 cm³/mol. The van der Waals surface area contributed by atoms with Gasteiger partial charge in [0.2, 0.25) is 11.4 Å². The molecular formula is C18H23FN4O3. The van der Waals surface area contributed by atoms with E-state index in [2.05, 4.69) is 22.1 Å². The first-order valence-corrected chi connectivity index (χ1v) is 8.89. The maximum atomic E-state index is 14.5. The van der Waals surface area contributed by atoms with Crippen LogP contribution in [0.3, 0.4) is 0 Å². The zero-order chi connectivity index (χ0) is 18.8. The van der Waals surface area contributed by atoms with E-state index >= 15 is 0 Å². The van der Waals surface area contributed by atoms with Crippen molar-refractivity contribution in [3.05, 3.63) is 33.9 Å². The van der Waals surface area contributed by atoms with Crippen LogP contribution in [0.2, 0.25) is 0 Å². The van der Waals surface area contributed by atoms with E-state index in [0.717, 1.165) is 37.2 Å². The molecule has 1 aliphatic heterocycles. The highest BCUT2D eigenvalue weighted by atomic mass is 19.1. The normalized spacial score (nSPS) is 17.2. The van der Waals surface area contributed by atoms with Gasteiger partial charge in [0.25, 0.3) is 0 Å². The second kappa shape index (κ2) is 7.41. The number of aromatic nitrogens is 2. The van der Waals surface area contributed by atoms with Gasteiger partial charge in [-0.2, -0.15) is 4.39 Å². The molecule has 7 nitrogen and oxygen atoms in total. The summed E-state index contributed by atoms with van der Waals surface area (Å²) in [6, 6.07) is 3.26. The van der Waals surface area contributed by atoms with Crippen LogP contribution in [0.5, 0.6) is 0 Å². The number of aromatic carboxylic acids is 1. The molecule has 0 aliphatic carbocycles. The fourth-order valence-electron chi connectivity index (χ4n) is 3.48. The fourth-order valence-corrected chi connectivity index (χ4v) is 3.48. The highest BCUT2D eigenvalue weighted by Gasteiger charge is 2.26.